The maximum Gasteiger partial charge on any atom is 0.329 e. The van der Waals surface area contributed by atoms with Crippen LogP contribution in [0.5, 0.6) is 0 Å². The number of esters is 1. The maximum atomic E-state index is 14.3. The lowest BCUT2D eigenvalue weighted by molar-refractivity contribution is -0.265. The molecule has 15 heteroatoms. The second-order valence-corrected chi connectivity index (χ2v) is 19.6. The minimum absolute atomic E-state index is 0.000104. The van der Waals surface area contributed by atoms with E-state index in [9.17, 15) is 39.3 Å². The molecule has 4 rings (SSSR count). The van der Waals surface area contributed by atoms with Gasteiger partial charge in [0.05, 0.1) is 24.4 Å². The zero-order valence-electron chi connectivity index (χ0n) is 41.0. The van der Waals surface area contributed by atoms with E-state index in [1.165, 1.54) is 14.2 Å². The van der Waals surface area contributed by atoms with Gasteiger partial charge in [0.1, 0.15) is 36.7 Å². The molecule has 0 spiro atoms. The number of terminal acetylenes is 1. The first-order valence-electron chi connectivity index (χ1n) is 24.2. The molecule has 1 amide bonds. The zero-order valence-corrected chi connectivity index (χ0v) is 41.0. The third-order valence-corrected chi connectivity index (χ3v) is 14.3. The first-order chi connectivity index (χ1) is 31.7. The van der Waals surface area contributed by atoms with E-state index in [0.717, 1.165) is 10.5 Å². The molecule has 3 heterocycles. The number of hydrogen-bond acceptors (Lipinski definition) is 14. The first kappa shape index (κ1) is 55.7. The molecule has 1 aliphatic carbocycles. The molecule has 15 nitrogen and oxygen atoms in total. The van der Waals surface area contributed by atoms with Crippen molar-refractivity contribution in [1.82, 2.24) is 4.90 Å². The number of fused-ring (bicyclic) bond motifs is 3. The number of amides is 1. The number of Topliss-reactive ketones (excluding diaryl/α,β-unsaturated/α-hetero) is 3. The molecule has 0 aromatic heterocycles. The lowest BCUT2D eigenvalue weighted by atomic mass is 9.80. The van der Waals surface area contributed by atoms with Crippen LogP contribution in [0, 0.1) is 41.9 Å². The number of ketones is 3. The van der Waals surface area contributed by atoms with E-state index in [2.05, 4.69) is 5.92 Å². The van der Waals surface area contributed by atoms with Crippen molar-refractivity contribution in [2.75, 3.05) is 27.4 Å². The fourth-order valence-corrected chi connectivity index (χ4v) is 9.96. The van der Waals surface area contributed by atoms with E-state index in [1.54, 1.807) is 33.8 Å². The number of aliphatic hydroxyl groups is 3. The molecule has 15 atom stereocenters. The Morgan fingerprint density at radius 1 is 0.925 bits per heavy atom. The molecule has 3 fully saturated rings. The van der Waals surface area contributed by atoms with Crippen LogP contribution in [0.3, 0.4) is 0 Å². The van der Waals surface area contributed by atoms with E-state index >= 15 is 0 Å². The Bertz CT molecular complexity index is 1870. The van der Waals surface area contributed by atoms with Crippen LogP contribution in [0.15, 0.2) is 47.6 Å². The Morgan fingerprint density at radius 2 is 1.66 bits per heavy atom. The number of carbonyl (C=O) groups excluding carboxylic acids is 5. The van der Waals surface area contributed by atoms with Crippen LogP contribution in [0.2, 0.25) is 0 Å². The number of cyclic esters (lactones) is 1. The monoisotopic (exact) mass is 939 g/mol. The Hall–Kier alpha value is -3.85. The van der Waals surface area contributed by atoms with Gasteiger partial charge in [-0.1, -0.05) is 70.1 Å². The summed E-state index contributed by atoms with van der Waals surface area (Å²) in [5.74, 6) is -5.82. The summed E-state index contributed by atoms with van der Waals surface area (Å²) in [6.45, 7) is 10.6. The van der Waals surface area contributed by atoms with E-state index in [0.29, 0.717) is 63.4 Å². The fourth-order valence-electron chi connectivity index (χ4n) is 9.96. The first-order valence-corrected chi connectivity index (χ1v) is 24.2. The average molecular weight is 939 g/mol. The third-order valence-electron chi connectivity index (χ3n) is 14.3. The number of aliphatic hydroxyl groups excluding tert-OH is 2. The van der Waals surface area contributed by atoms with E-state index in [-0.39, 0.29) is 55.8 Å². The van der Waals surface area contributed by atoms with Gasteiger partial charge in [-0.15, -0.1) is 6.42 Å². The fraction of sp³-hybridized carbons (Fsp3) is 0.712. The predicted octanol–water partition coefficient (Wildman–Crippen LogP) is 4.88. The number of piperidine rings is 1. The molecule has 2 saturated heterocycles. The molecule has 0 radical (unpaired) electrons. The summed E-state index contributed by atoms with van der Waals surface area (Å²) in [6, 6.07) is -2.06. The minimum Gasteiger partial charge on any atom is -0.459 e. The third kappa shape index (κ3) is 15.1. The number of allylic oxidation sites excluding steroid dienone is 6. The summed E-state index contributed by atoms with van der Waals surface area (Å²) in [5.41, 5.74) is 7.99. The van der Waals surface area contributed by atoms with Gasteiger partial charge in [0.25, 0.3) is 11.7 Å². The lowest BCUT2D eigenvalue weighted by Gasteiger charge is -2.42. The van der Waals surface area contributed by atoms with E-state index in [4.69, 9.17) is 35.8 Å². The van der Waals surface area contributed by atoms with Crippen molar-refractivity contribution in [3.05, 3.63) is 47.6 Å². The van der Waals surface area contributed by atoms with Gasteiger partial charge in [-0.05, 0) is 101 Å². The second kappa shape index (κ2) is 26.2. The van der Waals surface area contributed by atoms with Gasteiger partial charge < -0.3 is 49.6 Å². The number of hydrogen-bond donors (Lipinski definition) is 4. The topological polar surface area (TPSA) is 221 Å². The Labute approximate surface area is 397 Å². The molecule has 374 valence electrons. The highest BCUT2D eigenvalue weighted by Gasteiger charge is 2.53. The normalized spacial score (nSPS) is 38.2. The number of nitrogens with zero attached hydrogens (tertiary/aromatic N) is 1. The van der Waals surface area contributed by atoms with Crippen molar-refractivity contribution in [3.63, 3.8) is 0 Å². The molecule has 3 aliphatic heterocycles. The minimum atomic E-state index is -2.49. The van der Waals surface area contributed by atoms with Gasteiger partial charge in [0, 0.05) is 57.4 Å². The van der Waals surface area contributed by atoms with Crippen molar-refractivity contribution in [1.29, 1.82) is 0 Å². The molecule has 2 bridgehead atoms. The number of carbonyl (C=O) groups is 5. The Kier molecular flexibility index (Phi) is 21.8. The molecule has 4 aliphatic rings. The number of nitrogens with two attached hydrogens (primary N) is 1. The van der Waals surface area contributed by atoms with Crippen LogP contribution in [0.4, 0.5) is 0 Å². The molecule has 1 unspecified atom stereocenters. The summed E-state index contributed by atoms with van der Waals surface area (Å²) >= 11 is 0. The predicted molar refractivity (Wildman–Crippen MR) is 252 cm³/mol. The molecule has 67 heavy (non-hydrogen) atoms. The molecular formula is C52H78N2O13. The lowest BCUT2D eigenvalue weighted by Crippen LogP contribution is -2.61. The van der Waals surface area contributed by atoms with Crippen LogP contribution in [0.1, 0.15) is 119 Å². The smallest absolute Gasteiger partial charge is 0.329 e. The summed E-state index contributed by atoms with van der Waals surface area (Å²) in [7, 11) is 2.89. The van der Waals surface area contributed by atoms with Gasteiger partial charge in [0.15, 0.2) is 5.78 Å². The van der Waals surface area contributed by atoms with E-state index in [1.807, 2.05) is 44.2 Å². The zero-order chi connectivity index (χ0) is 49.6. The van der Waals surface area contributed by atoms with Crippen molar-refractivity contribution in [3.8, 4) is 12.3 Å². The van der Waals surface area contributed by atoms with Gasteiger partial charge in [0.2, 0.25) is 5.79 Å². The molecular weight excluding hydrogens is 861 g/mol. The van der Waals surface area contributed by atoms with Crippen LogP contribution < -0.4 is 5.73 Å². The average Bonchev–Trinajstić information content (AvgIpc) is 3.30. The summed E-state index contributed by atoms with van der Waals surface area (Å²) in [4.78, 5) is 71.8. The highest BCUT2D eigenvalue weighted by atomic mass is 16.6. The number of rotatable bonds is 7. The van der Waals surface area contributed by atoms with Crippen LogP contribution in [0.25, 0.3) is 0 Å². The van der Waals surface area contributed by atoms with Crippen molar-refractivity contribution < 1.29 is 63.0 Å². The van der Waals surface area contributed by atoms with Gasteiger partial charge in [-0.25, -0.2) is 4.79 Å². The molecule has 1 saturated carbocycles. The van der Waals surface area contributed by atoms with Gasteiger partial charge in [-0.3, -0.25) is 19.2 Å². The van der Waals surface area contributed by atoms with E-state index < -0.39 is 96.0 Å². The summed E-state index contributed by atoms with van der Waals surface area (Å²) in [6.07, 6.45) is 14.9. The quantitative estimate of drug-likeness (QED) is 0.116. The standard InChI is InChI=1S/C52H78N2O13/c1-10-24-65-43-29-38-21-19-36(7)52(62,67-38)49(59)50(60)54-23-15-14-18-40(54)51(61)66-44(39(53)27-37-20-22-41(55)45(28-37)63-8)30-42(56)33(4)26-35(6)47(58)48(64-9)46(57)34(5)25-31(2)16-12-11-13-17-32(43)3/h1,11-13,16-17,26,31,33-34,36-41,43-45,47-48,55,58,62H,14-15,18-25,27-30,53H2,2-9H3/b13-11?,16-12+,32-17?,35-26+/t31-,33-,34-,36-,37+,38+,39-,40+,41-,43?,44+,45-,47-,48+,52-/m1/s1. The summed E-state index contributed by atoms with van der Waals surface area (Å²) < 4.78 is 29.4. The largest absolute Gasteiger partial charge is 0.459 e. The highest BCUT2D eigenvalue weighted by Crippen LogP contribution is 2.37. The van der Waals surface area contributed by atoms with Gasteiger partial charge in [-0.2, -0.15) is 0 Å². The maximum absolute atomic E-state index is 14.3. The number of ether oxygens (including phenoxy) is 5. The van der Waals surface area contributed by atoms with Crippen LogP contribution in [-0.2, 0) is 47.7 Å². The molecule has 0 aromatic rings. The van der Waals surface area contributed by atoms with Crippen LogP contribution in [-0.4, -0.2) is 137 Å². The SMILES string of the molecule is C#CCOC1C[C@@H]2CC[C@@H](C)[C@@](O)(O2)C(=O)C(=O)N2CCCC[C@H]2C(=O)O[C@H]([C@H](N)C[C@@H]2CC[C@@H](O)[C@H](OC)C2)CC(=O)[C@H](C)/C=C(\C)[C@@H](O)[C@@H](OC)C(=O)[C@H](C)C[C@H](C)/C=C/C=CC=C1C. The van der Waals surface area contributed by atoms with Crippen molar-refractivity contribution in [2.45, 2.75) is 179 Å². The molecule has 0 aromatic carbocycles. The second-order valence-electron chi connectivity index (χ2n) is 19.6. The molecule has 5 N–H and O–H groups in total. The highest BCUT2D eigenvalue weighted by molar-refractivity contribution is 6.39. The van der Waals surface area contributed by atoms with Gasteiger partial charge >= 0.3 is 5.97 Å². The van der Waals surface area contributed by atoms with Crippen molar-refractivity contribution >= 4 is 29.2 Å². The van der Waals surface area contributed by atoms with Crippen LogP contribution >= 0.6 is 0 Å². The van der Waals surface area contributed by atoms with Crippen molar-refractivity contribution in [2.24, 2.45) is 35.3 Å². The number of methoxy groups -OCH3 is 2. The summed E-state index contributed by atoms with van der Waals surface area (Å²) in [5, 5.41) is 33.9. The Balaban J connectivity index is 1.72. The Morgan fingerprint density at radius 3 is 2.34 bits per heavy atom.